The van der Waals surface area contributed by atoms with Gasteiger partial charge in [-0.2, -0.15) is 0 Å². The van der Waals surface area contributed by atoms with E-state index in [2.05, 4.69) is 38.1 Å². The summed E-state index contributed by atoms with van der Waals surface area (Å²) in [5.41, 5.74) is 9.10. The van der Waals surface area contributed by atoms with Crippen LogP contribution in [0.1, 0.15) is 45.7 Å². The molecule has 1 aliphatic heterocycles. The molecule has 0 N–H and O–H groups in total. The topological polar surface area (TPSA) is 18.5 Å². The maximum Gasteiger partial charge on any atom is 0.231 e. The molecular formula is C21H22O2. The summed E-state index contributed by atoms with van der Waals surface area (Å²) in [5.74, 6) is 3.29. The second kappa shape index (κ2) is 4.77. The molecule has 1 heterocycles. The van der Waals surface area contributed by atoms with Crippen LogP contribution in [0, 0.1) is 19.8 Å². The van der Waals surface area contributed by atoms with Crippen molar-refractivity contribution in [2.45, 2.75) is 45.4 Å². The van der Waals surface area contributed by atoms with Crippen LogP contribution in [0.15, 0.2) is 24.3 Å². The van der Waals surface area contributed by atoms with Gasteiger partial charge in [0.1, 0.15) is 0 Å². The lowest BCUT2D eigenvalue weighted by molar-refractivity contribution is 0.174. The second-order valence-corrected chi connectivity index (χ2v) is 7.36. The molecule has 2 aromatic carbocycles. The summed E-state index contributed by atoms with van der Waals surface area (Å²) < 4.78 is 11.2. The molecule has 23 heavy (non-hydrogen) atoms. The summed E-state index contributed by atoms with van der Waals surface area (Å²) in [7, 11) is 0. The van der Waals surface area contributed by atoms with Gasteiger partial charge in [-0.3, -0.25) is 0 Å². The Morgan fingerprint density at radius 1 is 0.957 bits per heavy atom. The van der Waals surface area contributed by atoms with Gasteiger partial charge in [-0.15, -0.1) is 0 Å². The molecule has 2 nitrogen and oxygen atoms in total. The molecule has 0 radical (unpaired) electrons. The van der Waals surface area contributed by atoms with Crippen LogP contribution in [0.4, 0.5) is 0 Å². The highest BCUT2D eigenvalue weighted by molar-refractivity contribution is 5.53. The van der Waals surface area contributed by atoms with Gasteiger partial charge >= 0.3 is 0 Å². The summed E-state index contributed by atoms with van der Waals surface area (Å²) in [6, 6.07) is 9.14. The molecular weight excluding hydrogens is 284 g/mol. The van der Waals surface area contributed by atoms with Crippen molar-refractivity contribution in [2.75, 3.05) is 6.79 Å². The van der Waals surface area contributed by atoms with Gasteiger partial charge in [-0.05, 0) is 96.9 Å². The molecule has 0 fully saturated rings. The quantitative estimate of drug-likeness (QED) is 0.714. The third-order valence-corrected chi connectivity index (χ3v) is 6.26. The van der Waals surface area contributed by atoms with Gasteiger partial charge < -0.3 is 9.47 Å². The molecule has 2 aromatic rings. The molecule has 0 saturated heterocycles. The van der Waals surface area contributed by atoms with Crippen LogP contribution in [-0.4, -0.2) is 6.79 Å². The molecule has 3 aliphatic rings. The van der Waals surface area contributed by atoms with Crippen molar-refractivity contribution in [3.8, 4) is 11.5 Å². The number of benzene rings is 2. The monoisotopic (exact) mass is 306 g/mol. The Morgan fingerprint density at radius 2 is 1.78 bits per heavy atom. The fraction of sp³-hybridized carbons (Fsp3) is 0.429. The molecule has 0 saturated carbocycles. The van der Waals surface area contributed by atoms with Crippen LogP contribution < -0.4 is 9.47 Å². The molecule has 0 amide bonds. The van der Waals surface area contributed by atoms with Crippen LogP contribution >= 0.6 is 0 Å². The zero-order valence-corrected chi connectivity index (χ0v) is 13.8. The van der Waals surface area contributed by atoms with E-state index in [-0.39, 0.29) is 0 Å². The van der Waals surface area contributed by atoms with Crippen LogP contribution in [-0.2, 0) is 19.3 Å². The van der Waals surface area contributed by atoms with E-state index in [0.717, 1.165) is 17.4 Å². The maximum absolute atomic E-state index is 5.63. The van der Waals surface area contributed by atoms with Gasteiger partial charge in [-0.25, -0.2) is 0 Å². The Bertz CT molecular complexity index is 806. The minimum absolute atomic E-state index is 0.369. The Hall–Kier alpha value is -1.96. The lowest BCUT2D eigenvalue weighted by atomic mass is 9.65. The summed E-state index contributed by atoms with van der Waals surface area (Å²) in [5, 5.41) is 0. The molecule has 2 heteroatoms. The van der Waals surface area contributed by atoms with Crippen LogP contribution in [0.2, 0.25) is 0 Å². The highest BCUT2D eigenvalue weighted by Gasteiger charge is 2.36. The van der Waals surface area contributed by atoms with Gasteiger partial charge in [0.05, 0.1) is 0 Å². The third kappa shape index (κ3) is 1.94. The standard InChI is InChI=1S/C21H22O2/c1-12-3-4-14-8-18-15(7-17(14)13(12)2)5-6-16-9-20-21(10-19(16)18)23-11-22-20/h3-4,9-10,15,18H,5-8,11H2,1-2H3. The average Bonchev–Trinajstić information content (AvgIpc) is 3.02. The van der Waals surface area contributed by atoms with Crippen molar-refractivity contribution in [2.24, 2.45) is 5.92 Å². The number of fused-ring (bicyclic) bond motifs is 5. The molecule has 0 bridgehead atoms. The SMILES string of the molecule is Cc1ccc2c(c1C)CC1CCc3cc4c(cc3C1C2)OCO4. The molecule has 2 unspecified atom stereocenters. The zero-order chi connectivity index (χ0) is 15.6. The number of rotatable bonds is 0. The predicted octanol–water partition coefficient (Wildman–Crippen LogP) is 4.48. The van der Waals surface area contributed by atoms with Gasteiger partial charge in [0.2, 0.25) is 6.79 Å². The van der Waals surface area contributed by atoms with Gasteiger partial charge in [-0.1, -0.05) is 12.1 Å². The second-order valence-electron chi connectivity index (χ2n) is 7.36. The van der Waals surface area contributed by atoms with Gasteiger partial charge in [0.25, 0.3) is 0 Å². The molecule has 2 aliphatic carbocycles. The number of hydrogen-bond acceptors (Lipinski definition) is 2. The maximum atomic E-state index is 5.63. The lowest BCUT2D eigenvalue weighted by Crippen LogP contribution is -2.29. The fourth-order valence-electron chi connectivity index (χ4n) is 4.78. The minimum atomic E-state index is 0.369. The van der Waals surface area contributed by atoms with Crippen molar-refractivity contribution >= 4 is 0 Å². The van der Waals surface area contributed by atoms with E-state index in [4.69, 9.17) is 9.47 Å². The third-order valence-electron chi connectivity index (χ3n) is 6.26. The van der Waals surface area contributed by atoms with Crippen molar-refractivity contribution < 1.29 is 9.47 Å². The first-order valence-electron chi connectivity index (χ1n) is 8.71. The zero-order valence-electron chi connectivity index (χ0n) is 13.8. The Morgan fingerprint density at radius 3 is 2.65 bits per heavy atom. The van der Waals surface area contributed by atoms with Crippen LogP contribution in [0.3, 0.4) is 0 Å². The number of hydrogen-bond donors (Lipinski definition) is 0. The Labute approximate surface area is 137 Å². The molecule has 5 rings (SSSR count). The number of aryl methyl sites for hydroxylation is 2. The van der Waals surface area contributed by atoms with Crippen LogP contribution in [0.5, 0.6) is 11.5 Å². The predicted molar refractivity (Wildman–Crippen MR) is 90.4 cm³/mol. The van der Waals surface area contributed by atoms with Crippen molar-refractivity contribution in [1.29, 1.82) is 0 Å². The summed E-state index contributed by atoms with van der Waals surface area (Å²) in [4.78, 5) is 0. The van der Waals surface area contributed by atoms with E-state index < -0.39 is 0 Å². The molecule has 2 atom stereocenters. The Kier molecular flexibility index (Phi) is 2.79. The molecule has 0 spiro atoms. The number of ether oxygens (including phenoxy) is 2. The van der Waals surface area contributed by atoms with Gasteiger partial charge in [0.15, 0.2) is 11.5 Å². The van der Waals surface area contributed by atoms with E-state index in [1.165, 1.54) is 47.9 Å². The van der Waals surface area contributed by atoms with Crippen LogP contribution in [0.25, 0.3) is 0 Å². The summed E-state index contributed by atoms with van der Waals surface area (Å²) in [6.45, 7) is 4.90. The Balaban J connectivity index is 1.60. The fourth-order valence-corrected chi connectivity index (χ4v) is 4.78. The largest absolute Gasteiger partial charge is 0.454 e. The van der Waals surface area contributed by atoms with E-state index in [9.17, 15) is 0 Å². The van der Waals surface area contributed by atoms with Crippen molar-refractivity contribution in [3.63, 3.8) is 0 Å². The normalized spacial score (nSPS) is 23.9. The van der Waals surface area contributed by atoms with E-state index >= 15 is 0 Å². The molecule has 0 aromatic heterocycles. The highest BCUT2D eigenvalue weighted by Crippen LogP contribution is 2.48. The molecule has 118 valence electrons. The average molecular weight is 306 g/mol. The highest BCUT2D eigenvalue weighted by atomic mass is 16.7. The smallest absolute Gasteiger partial charge is 0.231 e. The van der Waals surface area contributed by atoms with Crippen molar-refractivity contribution in [3.05, 3.63) is 57.6 Å². The lowest BCUT2D eigenvalue weighted by Gasteiger charge is -2.39. The first kappa shape index (κ1) is 13.5. The van der Waals surface area contributed by atoms with Crippen molar-refractivity contribution in [1.82, 2.24) is 0 Å². The summed E-state index contributed by atoms with van der Waals surface area (Å²) in [6.07, 6.45) is 4.88. The minimum Gasteiger partial charge on any atom is -0.454 e. The van der Waals surface area contributed by atoms with E-state index in [1.54, 1.807) is 11.1 Å². The first-order valence-corrected chi connectivity index (χ1v) is 8.71. The van der Waals surface area contributed by atoms with E-state index in [1.807, 2.05) is 0 Å². The van der Waals surface area contributed by atoms with Gasteiger partial charge in [0, 0.05) is 0 Å². The first-order chi connectivity index (χ1) is 11.2. The summed E-state index contributed by atoms with van der Waals surface area (Å²) >= 11 is 0. The van der Waals surface area contributed by atoms with E-state index in [0.29, 0.717) is 12.7 Å².